The molecule has 0 aliphatic heterocycles. The molecule has 0 aliphatic rings. The van der Waals surface area contributed by atoms with Crippen LogP contribution in [0.5, 0.6) is 0 Å². The molecule has 1 amide bonds. The molecular formula is C13H16N4O. The van der Waals surface area contributed by atoms with E-state index in [-0.39, 0.29) is 11.9 Å². The molecule has 0 saturated carbocycles. The summed E-state index contributed by atoms with van der Waals surface area (Å²) in [5.74, 6) is 0.654. The molecule has 2 heterocycles. The van der Waals surface area contributed by atoms with E-state index >= 15 is 0 Å². The van der Waals surface area contributed by atoms with Gasteiger partial charge >= 0.3 is 0 Å². The lowest BCUT2D eigenvalue weighted by Gasteiger charge is -2.11. The summed E-state index contributed by atoms with van der Waals surface area (Å²) in [4.78, 5) is 20.0. The molecule has 1 N–H and O–H groups in total. The summed E-state index contributed by atoms with van der Waals surface area (Å²) < 4.78 is 1.79. The van der Waals surface area contributed by atoms with Gasteiger partial charge in [0.1, 0.15) is 12.1 Å². The fourth-order valence-electron chi connectivity index (χ4n) is 1.48. The van der Waals surface area contributed by atoms with E-state index < -0.39 is 0 Å². The molecule has 2 rings (SSSR count). The molecule has 2 aromatic rings. The number of rotatable bonds is 4. The fraction of sp³-hybridized carbons (Fsp3) is 0.308. The average molecular weight is 244 g/mol. The molecule has 5 heteroatoms. The fourth-order valence-corrected chi connectivity index (χ4v) is 1.48. The van der Waals surface area contributed by atoms with E-state index in [2.05, 4.69) is 15.3 Å². The zero-order chi connectivity index (χ0) is 13.0. The molecule has 0 aromatic carbocycles. The van der Waals surface area contributed by atoms with Crippen molar-refractivity contribution in [3.05, 3.63) is 42.6 Å². The van der Waals surface area contributed by atoms with Crippen LogP contribution in [0.1, 0.15) is 30.6 Å². The van der Waals surface area contributed by atoms with Crippen LogP contribution in [0.25, 0.3) is 5.82 Å². The van der Waals surface area contributed by atoms with Crippen LogP contribution >= 0.6 is 0 Å². The van der Waals surface area contributed by atoms with Gasteiger partial charge in [-0.25, -0.2) is 9.97 Å². The number of hydrogen-bond donors (Lipinski definition) is 1. The predicted octanol–water partition coefficient (Wildman–Crippen LogP) is 1.80. The number of carbonyl (C=O) groups excluding carboxylic acids is 1. The van der Waals surface area contributed by atoms with Crippen LogP contribution in [-0.2, 0) is 0 Å². The zero-order valence-corrected chi connectivity index (χ0v) is 10.5. The van der Waals surface area contributed by atoms with E-state index in [0.29, 0.717) is 5.56 Å². The third-order valence-electron chi connectivity index (χ3n) is 2.77. The Morgan fingerprint density at radius 2 is 2.33 bits per heavy atom. The van der Waals surface area contributed by atoms with Gasteiger partial charge in [0.2, 0.25) is 0 Å². The Morgan fingerprint density at radius 3 is 2.89 bits per heavy atom. The van der Waals surface area contributed by atoms with Crippen molar-refractivity contribution < 1.29 is 4.79 Å². The Morgan fingerprint density at radius 1 is 1.50 bits per heavy atom. The Balaban J connectivity index is 2.10. The second-order valence-corrected chi connectivity index (χ2v) is 4.16. The van der Waals surface area contributed by atoms with Gasteiger partial charge in [-0.3, -0.25) is 9.36 Å². The second kappa shape index (κ2) is 5.44. The summed E-state index contributed by atoms with van der Waals surface area (Å²) >= 11 is 0. The van der Waals surface area contributed by atoms with Crippen molar-refractivity contribution in [2.45, 2.75) is 26.3 Å². The summed E-state index contributed by atoms with van der Waals surface area (Å²) in [5.41, 5.74) is 0.569. The number of pyridine rings is 1. The Kier molecular flexibility index (Phi) is 3.72. The first-order valence-electron chi connectivity index (χ1n) is 5.96. The van der Waals surface area contributed by atoms with E-state index in [1.807, 2.05) is 13.8 Å². The predicted molar refractivity (Wildman–Crippen MR) is 68.6 cm³/mol. The van der Waals surface area contributed by atoms with Crippen molar-refractivity contribution in [1.82, 2.24) is 19.9 Å². The van der Waals surface area contributed by atoms with Crippen molar-refractivity contribution in [3.63, 3.8) is 0 Å². The van der Waals surface area contributed by atoms with Gasteiger partial charge in [0.25, 0.3) is 5.91 Å². The number of amides is 1. The number of carbonyl (C=O) groups is 1. The van der Waals surface area contributed by atoms with Crippen molar-refractivity contribution in [1.29, 1.82) is 0 Å². The zero-order valence-electron chi connectivity index (χ0n) is 10.5. The van der Waals surface area contributed by atoms with Gasteiger partial charge in [-0.1, -0.05) is 6.92 Å². The van der Waals surface area contributed by atoms with Crippen LogP contribution in [0.4, 0.5) is 0 Å². The van der Waals surface area contributed by atoms with Gasteiger partial charge in [0.15, 0.2) is 0 Å². The van der Waals surface area contributed by atoms with Crippen LogP contribution < -0.4 is 5.32 Å². The van der Waals surface area contributed by atoms with E-state index in [1.165, 1.54) is 0 Å². The molecule has 0 radical (unpaired) electrons. The number of imidazole rings is 1. The van der Waals surface area contributed by atoms with Crippen molar-refractivity contribution in [2.75, 3.05) is 0 Å². The highest BCUT2D eigenvalue weighted by molar-refractivity contribution is 5.94. The van der Waals surface area contributed by atoms with E-state index in [4.69, 9.17) is 0 Å². The van der Waals surface area contributed by atoms with Crippen molar-refractivity contribution in [3.8, 4) is 5.82 Å². The third kappa shape index (κ3) is 2.74. The molecule has 0 unspecified atom stereocenters. The normalized spacial score (nSPS) is 12.1. The molecule has 0 aliphatic carbocycles. The highest BCUT2D eigenvalue weighted by Crippen LogP contribution is 2.05. The lowest BCUT2D eigenvalue weighted by Crippen LogP contribution is -2.31. The summed E-state index contributed by atoms with van der Waals surface area (Å²) in [6, 6.07) is 3.73. The average Bonchev–Trinajstić information content (AvgIpc) is 2.92. The Labute approximate surface area is 106 Å². The van der Waals surface area contributed by atoms with Gasteiger partial charge < -0.3 is 5.32 Å². The number of nitrogens with zero attached hydrogens (tertiary/aromatic N) is 3. The van der Waals surface area contributed by atoms with Crippen molar-refractivity contribution in [2.24, 2.45) is 0 Å². The molecule has 0 bridgehead atoms. The second-order valence-electron chi connectivity index (χ2n) is 4.16. The first-order valence-corrected chi connectivity index (χ1v) is 5.96. The smallest absolute Gasteiger partial charge is 0.253 e. The molecule has 18 heavy (non-hydrogen) atoms. The maximum absolute atomic E-state index is 11.8. The monoisotopic (exact) mass is 244 g/mol. The van der Waals surface area contributed by atoms with Crippen LogP contribution in [0.2, 0.25) is 0 Å². The van der Waals surface area contributed by atoms with Gasteiger partial charge in [-0.2, -0.15) is 0 Å². The quantitative estimate of drug-likeness (QED) is 0.892. The minimum absolute atomic E-state index is 0.0889. The maximum Gasteiger partial charge on any atom is 0.253 e. The van der Waals surface area contributed by atoms with Gasteiger partial charge in [0, 0.05) is 24.6 Å². The summed E-state index contributed by atoms with van der Waals surface area (Å²) in [7, 11) is 0. The van der Waals surface area contributed by atoms with E-state index in [9.17, 15) is 4.79 Å². The Bertz CT molecular complexity index is 504. The van der Waals surface area contributed by atoms with E-state index in [1.54, 1.807) is 41.6 Å². The van der Waals surface area contributed by atoms with Gasteiger partial charge in [0.05, 0.1) is 5.56 Å². The molecule has 2 aromatic heterocycles. The van der Waals surface area contributed by atoms with Crippen LogP contribution in [0.3, 0.4) is 0 Å². The molecule has 5 nitrogen and oxygen atoms in total. The van der Waals surface area contributed by atoms with E-state index in [0.717, 1.165) is 12.2 Å². The molecular weight excluding hydrogens is 228 g/mol. The minimum atomic E-state index is -0.0889. The third-order valence-corrected chi connectivity index (χ3v) is 2.77. The highest BCUT2D eigenvalue weighted by Gasteiger charge is 2.08. The molecule has 94 valence electrons. The molecule has 0 saturated heterocycles. The van der Waals surface area contributed by atoms with Crippen LogP contribution in [0.15, 0.2) is 37.1 Å². The lowest BCUT2D eigenvalue weighted by atomic mass is 10.2. The largest absolute Gasteiger partial charge is 0.350 e. The number of nitrogens with one attached hydrogen (secondary N) is 1. The Hall–Kier alpha value is -2.17. The maximum atomic E-state index is 11.8. The first kappa shape index (κ1) is 12.3. The standard InChI is InChI=1S/C13H16N4O/c1-3-10(2)16-13(18)11-4-5-12(15-8-11)17-7-6-14-9-17/h4-10H,3H2,1-2H3,(H,16,18)/t10-/m1/s1. The molecule has 0 spiro atoms. The van der Waals surface area contributed by atoms with Crippen LogP contribution in [-0.4, -0.2) is 26.5 Å². The summed E-state index contributed by atoms with van der Waals surface area (Å²) in [6.07, 6.45) is 7.65. The summed E-state index contributed by atoms with van der Waals surface area (Å²) in [6.45, 7) is 4.01. The lowest BCUT2D eigenvalue weighted by molar-refractivity contribution is 0.0939. The topological polar surface area (TPSA) is 59.8 Å². The molecule has 1 atom stereocenters. The van der Waals surface area contributed by atoms with Crippen molar-refractivity contribution >= 4 is 5.91 Å². The number of aromatic nitrogens is 3. The number of hydrogen-bond acceptors (Lipinski definition) is 3. The van der Waals surface area contributed by atoms with Gasteiger partial charge in [-0.15, -0.1) is 0 Å². The SMILES string of the molecule is CC[C@@H](C)NC(=O)c1ccc(-n2ccnc2)nc1. The summed E-state index contributed by atoms with van der Waals surface area (Å²) in [5, 5.41) is 2.90. The highest BCUT2D eigenvalue weighted by atomic mass is 16.1. The molecule has 0 fully saturated rings. The first-order chi connectivity index (χ1) is 8.70. The minimum Gasteiger partial charge on any atom is -0.350 e. The van der Waals surface area contributed by atoms with Gasteiger partial charge in [-0.05, 0) is 25.5 Å². The van der Waals surface area contributed by atoms with Crippen LogP contribution in [0, 0.1) is 0 Å².